The Kier molecular flexibility index (Phi) is 4.50. The van der Waals surface area contributed by atoms with Crippen molar-refractivity contribution < 1.29 is 9.84 Å². The zero-order valence-electron chi connectivity index (χ0n) is 10.7. The van der Waals surface area contributed by atoms with Crippen LogP contribution in [0, 0.1) is 6.92 Å². The maximum Gasteiger partial charge on any atom is 0.137 e. The van der Waals surface area contributed by atoms with Crippen LogP contribution in [0.1, 0.15) is 22.8 Å². The van der Waals surface area contributed by atoms with Crippen molar-refractivity contribution in [1.82, 2.24) is 0 Å². The summed E-state index contributed by atoms with van der Waals surface area (Å²) in [6, 6.07) is 11.1. The van der Waals surface area contributed by atoms with E-state index in [-0.39, 0.29) is 0 Å². The Morgan fingerprint density at radius 1 is 1.21 bits per heavy atom. The molecule has 1 unspecified atom stereocenters. The number of hydrogen-bond acceptors (Lipinski definition) is 2. The Bertz CT molecular complexity index is 599. The van der Waals surface area contributed by atoms with E-state index < -0.39 is 6.10 Å². The highest BCUT2D eigenvalue weighted by Crippen LogP contribution is 2.32. The topological polar surface area (TPSA) is 29.5 Å². The van der Waals surface area contributed by atoms with Crippen molar-refractivity contribution in [2.45, 2.75) is 13.0 Å². The molecule has 2 aromatic rings. The summed E-state index contributed by atoms with van der Waals surface area (Å²) in [5, 5.41) is 10.9. The summed E-state index contributed by atoms with van der Waals surface area (Å²) >= 11 is 9.50. The Morgan fingerprint density at radius 3 is 2.53 bits per heavy atom. The van der Waals surface area contributed by atoms with E-state index in [2.05, 4.69) is 15.9 Å². The molecule has 0 saturated heterocycles. The molecule has 0 fully saturated rings. The van der Waals surface area contributed by atoms with Gasteiger partial charge in [-0.05, 0) is 47.9 Å². The highest BCUT2D eigenvalue weighted by molar-refractivity contribution is 9.10. The normalized spacial score (nSPS) is 12.3. The Morgan fingerprint density at radius 2 is 1.95 bits per heavy atom. The number of aliphatic hydroxyl groups is 1. The molecule has 0 bridgehead atoms. The summed E-state index contributed by atoms with van der Waals surface area (Å²) in [5.41, 5.74) is 2.63. The zero-order valence-corrected chi connectivity index (χ0v) is 13.0. The second kappa shape index (κ2) is 5.95. The van der Waals surface area contributed by atoms with Crippen LogP contribution in [0.15, 0.2) is 40.9 Å². The van der Waals surface area contributed by atoms with Gasteiger partial charge in [0, 0.05) is 4.47 Å². The van der Waals surface area contributed by atoms with E-state index >= 15 is 0 Å². The van der Waals surface area contributed by atoms with Crippen LogP contribution in [0.5, 0.6) is 5.75 Å². The fourth-order valence-corrected chi connectivity index (χ4v) is 2.72. The molecule has 0 amide bonds. The lowest BCUT2D eigenvalue weighted by molar-refractivity contribution is 0.219. The molecule has 1 atom stereocenters. The molecule has 0 spiro atoms. The summed E-state index contributed by atoms with van der Waals surface area (Å²) in [5.74, 6) is 0.602. The molecule has 19 heavy (non-hydrogen) atoms. The van der Waals surface area contributed by atoms with Crippen molar-refractivity contribution in [3.8, 4) is 5.75 Å². The van der Waals surface area contributed by atoms with Gasteiger partial charge < -0.3 is 9.84 Å². The number of aryl methyl sites for hydroxylation is 1. The molecule has 100 valence electrons. The van der Waals surface area contributed by atoms with Crippen LogP contribution in [-0.4, -0.2) is 12.2 Å². The van der Waals surface area contributed by atoms with Crippen molar-refractivity contribution in [2.75, 3.05) is 7.11 Å². The van der Waals surface area contributed by atoms with Crippen LogP contribution in [0.4, 0.5) is 0 Å². The summed E-state index contributed by atoms with van der Waals surface area (Å²) in [7, 11) is 1.57. The van der Waals surface area contributed by atoms with E-state index in [0.29, 0.717) is 10.8 Å². The predicted molar refractivity (Wildman–Crippen MR) is 80.9 cm³/mol. The molecule has 4 heteroatoms. The van der Waals surface area contributed by atoms with E-state index in [0.717, 1.165) is 21.2 Å². The smallest absolute Gasteiger partial charge is 0.137 e. The van der Waals surface area contributed by atoms with Gasteiger partial charge in [-0.25, -0.2) is 0 Å². The van der Waals surface area contributed by atoms with Gasteiger partial charge in [-0.3, -0.25) is 0 Å². The minimum absolute atomic E-state index is 0.494. The Hall–Kier alpha value is -1.03. The van der Waals surface area contributed by atoms with Gasteiger partial charge in [0.25, 0.3) is 0 Å². The minimum Gasteiger partial charge on any atom is -0.495 e. The van der Waals surface area contributed by atoms with Crippen molar-refractivity contribution in [3.63, 3.8) is 0 Å². The predicted octanol–water partition coefficient (Wildman–Crippen LogP) is 4.50. The van der Waals surface area contributed by atoms with Gasteiger partial charge in [-0.1, -0.05) is 39.7 Å². The first kappa shape index (κ1) is 14.4. The van der Waals surface area contributed by atoms with Crippen LogP contribution in [0.2, 0.25) is 5.02 Å². The molecule has 2 nitrogen and oxygen atoms in total. The van der Waals surface area contributed by atoms with Gasteiger partial charge in [-0.2, -0.15) is 0 Å². The first-order chi connectivity index (χ1) is 9.02. The number of hydrogen-bond donors (Lipinski definition) is 1. The first-order valence-corrected chi connectivity index (χ1v) is 6.97. The lowest BCUT2D eigenvalue weighted by Crippen LogP contribution is -2.02. The summed E-state index contributed by atoms with van der Waals surface area (Å²) in [6.07, 6.45) is -0.698. The molecule has 0 aliphatic rings. The maximum atomic E-state index is 10.4. The second-order valence-corrected chi connectivity index (χ2v) is 5.62. The molecule has 0 radical (unpaired) electrons. The fraction of sp³-hybridized carbons (Fsp3) is 0.200. The zero-order chi connectivity index (χ0) is 14.0. The third-order valence-electron chi connectivity index (χ3n) is 3.02. The molecule has 2 aromatic carbocycles. The van der Waals surface area contributed by atoms with Gasteiger partial charge in [0.15, 0.2) is 0 Å². The van der Waals surface area contributed by atoms with Crippen molar-refractivity contribution >= 4 is 27.5 Å². The average molecular weight is 342 g/mol. The van der Waals surface area contributed by atoms with Crippen molar-refractivity contribution in [3.05, 3.63) is 62.6 Å². The van der Waals surface area contributed by atoms with E-state index in [9.17, 15) is 5.11 Å². The number of ether oxygens (including phenoxy) is 1. The van der Waals surface area contributed by atoms with Crippen LogP contribution >= 0.6 is 27.5 Å². The van der Waals surface area contributed by atoms with Gasteiger partial charge in [0.2, 0.25) is 0 Å². The van der Waals surface area contributed by atoms with Crippen molar-refractivity contribution in [1.29, 1.82) is 0 Å². The summed E-state index contributed by atoms with van der Waals surface area (Å²) < 4.78 is 6.10. The van der Waals surface area contributed by atoms with E-state index in [1.165, 1.54) is 0 Å². The fourth-order valence-electron chi connectivity index (χ4n) is 1.98. The van der Waals surface area contributed by atoms with Crippen LogP contribution in [0.3, 0.4) is 0 Å². The minimum atomic E-state index is -0.698. The first-order valence-electron chi connectivity index (χ1n) is 5.80. The second-order valence-electron chi connectivity index (χ2n) is 4.30. The number of rotatable bonds is 3. The SMILES string of the molecule is COc1ccc(C(O)c2ccc(Br)cc2C)cc1Cl. The highest BCUT2D eigenvalue weighted by atomic mass is 79.9. The van der Waals surface area contributed by atoms with Gasteiger partial charge >= 0.3 is 0 Å². The number of halogens is 2. The molecule has 0 aliphatic carbocycles. The quantitative estimate of drug-likeness (QED) is 0.890. The number of benzene rings is 2. The molecule has 0 saturated carbocycles. The summed E-state index contributed by atoms with van der Waals surface area (Å²) in [4.78, 5) is 0. The highest BCUT2D eigenvalue weighted by Gasteiger charge is 2.14. The van der Waals surface area contributed by atoms with Crippen LogP contribution < -0.4 is 4.74 Å². The largest absolute Gasteiger partial charge is 0.495 e. The monoisotopic (exact) mass is 340 g/mol. The Labute approximate surface area is 126 Å². The van der Waals surface area contributed by atoms with Crippen LogP contribution in [0.25, 0.3) is 0 Å². The van der Waals surface area contributed by atoms with Crippen LogP contribution in [-0.2, 0) is 0 Å². The third-order valence-corrected chi connectivity index (χ3v) is 3.81. The molecule has 0 aliphatic heterocycles. The summed E-state index contributed by atoms with van der Waals surface area (Å²) in [6.45, 7) is 1.97. The van der Waals surface area contributed by atoms with Gasteiger partial charge in [-0.15, -0.1) is 0 Å². The maximum absolute atomic E-state index is 10.4. The molecule has 0 aromatic heterocycles. The van der Waals surface area contributed by atoms with Crippen molar-refractivity contribution in [2.24, 2.45) is 0 Å². The average Bonchev–Trinajstić information content (AvgIpc) is 2.38. The molecule has 2 rings (SSSR count). The van der Waals surface area contributed by atoms with Gasteiger partial charge in [0.05, 0.1) is 12.1 Å². The lowest BCUT2D eigenvalue weighted by atomic mass is 9.97. The Balaban J connectivity index is 2.38. The van der Waals surface area contributed by atoms with E-state index in [4.69, 9.17) is 16.3 Å². The van der Waals surface area contributed by atoms with Gasteiger partial charge in [0.1, 0.15) is 11.9 Å². The molecular formula is C15H14BrClO2. The van der Waals surface area contributed by atoms with E-state index in [1.807, 2.05) is 31.2 Å². The lowest BCUT2D eigenvalue weighted by Gasteiger charge is -2.15. The van der Waals surface area contributed by atoms with E-state index in [1.54, 1.807) is 19.2 Å². The number of methoxy groups -OCH3 is 1. The standard InChI is InChI=1S/C15H14BrClO2/c1-9-7-11(16)4-5-12(9)15(18)10-3-6-14(19-2)13(17)8-10/h3-8,15,18H,1-2H3. The molecule has 1 N–H and O–H groups in total. The molecule has 0 heterocycles. The molecular weight excluding hydrogens is 328 g/mol. The number of aliphatic hydroxyl groups excluding tert-OH is 1. The third kappa shape index (κ3) is 3.11.